The Balaban J connectivity index is 2.24. The number of nitrogens with zero attached hydrogens (tertiary/aromatic N) is 3. The molecule has 1 aliphatic carbocycles. The van der Waals surface area contributed by atoms with E-state index in [-0.39, 0.29) is 0 Å². The molecule has 1 heterocycles. The molecule has 0 spiro atoms. The zero-order valence-electron chi connectivity index (χ0n) is 9.99. The van der Waals surface area contributed by atoms with Gasteiger partial charge in [0.05, 0.1) is 5.69 Å². The van der Waals surface area contributed by atoms with Crippen molar-refractivity contribution in [2.24, 2.45) is 0 Å². The van der Waals surface area contributed by atoms with Crippen LogP contribution < -0.4 is 4.90 Å². The van der Waals surface area contributed by atoms with Gasteiger partial charge in [-0.25, -0.2) is 0 Å². The van der Waals surface area contributed by atoms with Gasteiger partial charge in [-0.05, 0) is 19.8 Å². The summed E-state index contributed by atoms with van der Waals surface area (Å²) in [6.45, 7) is 3.06. The molecule has 5 heteroatoms. The predicted molar refractivity (Wildman–Crippen MR) is 71.9 cm³/mol. The van der Waals surface area contributed by atoms with Crippen LogP contribution in [0.25, 0.3) is 0 Å². The minimum atomic E-state index is 0.402. The molecule has 0 N–H and O–H groups in total. The molecule has 3 nitrogen and oxygen atoms in total. The smallest absolute Gasteiger partial charge is 0.175 e. The van der Waals surface area contributed by atoms with Gasteiger partial charge in [-0.1, -0.05) is 42.5 Å². The van der Waals surface area contributed by atoms with E-state index in [2.05, 4.69) is 22.0 Å². The van der Waals surface area contributed by atoms with Gasteiger partial charge in [0.2, 0.25) is 0 Å². The van der Waals surface area contributed by atoms with Gasteiger partial charge in [-0.3, -0.25) is 0 Å². The average Bonchev–Trinajstić information content (AvgIpc) is 2.36. The fourth-order valence-electron chi connectivity index (χ4n) is 2.56. The molecule has 17 heavy (non-hydrogen) atoms. The van der Waals surface area contributed by atoms with Gasteiger partial charge < -0.3 is 4.90 Å². The molecule has 0 unspecified atom stereocenters. The van der Waals surface area contributed by atoms with E-state index in [4.69, 9.17) is 23.2 Å². The van der Waals surface area contributed by atoms with Crippen molar-refractivity contribution >= 4 is 28.9 Å². The zero-order valence-corrected chi connectivity index (χ0v) is 11.5. The maximum absolute atomic E-state index is 6.12. The molecule has 0 aliphatic heterocycles. The Bertz CT molecular complexity index is 378. The molecule has 0 bridgehead atoms. The highest BCUT2D eigenvalue weighted by atomic mass is 35.5. The predicted octanol–water partition coefficient (Wildman–Crippen LogP) is 3.94. The Labute approximate surface area is 112 Å². The third-order valence-electron chi connectivity index (χ3n) is 3.37. The third-order valence-corrected chi connectivity index (χ3v) is 3.82. The maximum Gasteiger partial charge on any atom is 0.175 e. The highest BCUT2D eigenvalue weighted by Crippen LogP contribution is 2.31. The molecular weight excluding hydrogens is 257 g/mol. The van der Waals surface area contributed by atoms with E-state index in [1.807, 2.05) is 6.07 Å². The Morgan fingerprint density at radius 2 is 1.94 bits per heavy atom. The monoisotopic (exact) mass is 273 g/mol. The van der Waals surface area contributed by atoms with Crippen LogP contribution in [0.2, 0.25) is 10.3 Å². The van der Waals surface area contributed by atoms with Crippen molar-refractivity contribution in [2.45, 2.75) is 45.1 Å². The number of hydrogen-bond acceptors (Lipinski definition) is 3. The Kier molecular flexibility index (Phi) is 4.46. The van der Waals surface area contributed by atoms with E-state index < -0.39 is 0 Å². The van der Waals surface area contributed by atoms with Gasteiger partial charge in [-0.15, -0.1) is 10.2 Å². The van der Waals surface area contributed by atoms with Crippen LogP contribution in [-0.2, 0) is 0 Å². The molecule has 1 aromatic rings. The lowest BCUT2D eigenvalue weighted by Gasteiger charge is -2.35. The lowest BCUT2D eigenvalue weighted by molar-refractivity contribution is 0.418. The lowest BCUT2D eigenvalue weighted by atomic mass is 9.94. The minimum Gasteiger partial charge on any atom is -0.366 e. The normalized spacial score (nSPS) is 17.1. The molecule has 0 radical (unpaired) electrons. The SMILES string of the molecule is CCN(c1cc(Cl)nnc1Cl)C1CCCCC1. The standard InChI is InChI=1S/C12H17Cl2N3/c1-2-17(9-6-4-3-5-7-9)10-8-11(13)15-16-12(10)14/h8-9H,2-7H2,1H3. The first-order valence-electron chi connectivity index (χ1n) is 6.17. The molecule has 2 rings (SSSR count). The van der Waals surface area contributed by atoms with Gasteiger partial charge in [0, 0.05) is 18.7 Å². The number of rotatable bonds is 3. The molecular formula is C12H17Cl2N3. The molecule has 0 amide bonds. The van der Waals surface area contributed by atoms with Crippen molar-refractivity contribution in [2.75, 3.05) is 11.4 Å². The zero-order chi connectivity index (χ0) is 12.3. The molecule has 0 aromatic carbocycles. The van der Waals surface area contributed by atoms with E-state index in [0.717, 1.165) is 12.2 Å². The van der Waals surface area contributed by atoms with Crippen molar-refractivity contribution in [1.82, 2.24) is 10.2 Å². The second-order valence-electron chi connectivity index (χ2n) is 4.42. The Morgan fingerprint density at radius 3 is 2.59 bits per heavy atom. The van der Waals surface area contributed by atoms with Gasteiger partial charge >= 0.3 is 0 Å². The van der Waals surface area contributed by atoms with E-state index in [1.165, 1.54) is 32.1 Å². The fourth-order valence-corrected chi connectivity index (χ4v) is 2.91. The molecule has 0 atom stereocenters. The van der Waals surface area contributed by atoms with E-state index in [0.29, 0.717) is 16.3 Å². The van der Waals surface area contributed by atoms with Crippen LogP contribution in [0.3, 0.4) is 0 Å². The van der Waals surface area contributed by atoms with Crippen LogP contribution in [0.1, 0.15) is 39.0 Å². The maximum atomic E-state index is 6.12. The first kappa shape index (κ1) is 12.9. The van der Waals surface area contributed by atoms with Gasteiger partial charge in [0.25, 0.3) is 0 Å². The van der Waals surface area contributed by atoms with E-state index >= 15 is 0 Å². The van der Waals surface area contributed by atoms with Gasteiger partial charge in [0.15, 0.2) is 10.3 Å². The number of halogens is 2. The third kappa shape index (κ3) is 3.02. The first-order chi connectivity index (χ1) is 8.22. The van der Waals surface area contributed by atoms with Crippen molar-refractivity contribution in [3.63, 3.8) is 0 Å². The highest BCUT2D eigenvalue weighted by molar-refractivity contribution is 6.33. The largest absolute Gasteiger partial charge is 0.366 e. The minimum absolute atomic E-state index is 0.402. The molecule has 1 aliphatic rings. The highest BCUT2D eigenvalue weighted by Gasteiger charge is 2.22. The van der Waals surface area contributed by atoms with Crippen LogP contribution in [0.15, 0.2) is 6.07 Å². The van der Waals surface area contributed by atoms with Gasteiger partial charge in [-0.2, -0.15) is 0 Å². The fraction of sp³-hybridized carbons (Fsp3) is 0.667. The van der Waals surface area contributed by atoms with E-state index in [9.17, 15) is 0 Å². The van der Waals surface area contributed by atoms with Crippen molar-refractivity contribution < 1.29 is 0 Å². The van der Waals surface area contributed by atoms with Crippen LogP contribution in [0.5, 0.6) is 0 Å². The first-order valence-corrected chi connectivity index (χ1v) is 6.93. The second-order valence-corrected chi connectivity index (χ2v) is 5.17. The number of anilines is 1. The molecule has 94 valence electrons. The number of aromatic nitrogens is 2. The van der Waals surface area contributed by atoms with Crippen molar-refractivity contribution in [3.8, 4) is 0 Å². The Hall–Kier alpha value is -0.540. The second kappa shape index (κ2) is 5.87. The molecule has 1 saturated carbocycles. The Morgan fingerprint density at radius 1 is 1.24 bits per heavy atom. The summed E-state index contributed by atoms with van der Waals surface area (Å²) in [7, 11) is 0. The summed E-state index contributed by atoms with van der Waals surface area (Å²) in [5.41, 5.74) is 0.918. The average molecular weight is 274 g/mol. The molecule has 1 aromatic heterocycles. The van der Waals surface area contributed by atoms with Crippen LogP contribution >= 0.6 is 23.2 Å². The quantitative estimate of drug-likeness (QED) is 0.835. The van der Waals surface area contributed by atoms with Crippen molar-refractivity contribution in [1.29, 1.82) is 0 Å². The summed E-state index contributed by atoms with van der Waals surface area (Å²) in [6, 6.07) is 2.38. The summed E-state index contributed by atoms with van der Waals surface area (Å²) in [5, 5.41) is 8.49. The number of hydrogen-bond donors (Lipinski definition) is 0. The summed E-state index contributed by atoms with van der Waals surface area (Å²) >= 11 is 12.0. The summed E-state index contributed by atoms with van der Waals surface area (Å²) in [4.78, 5) is 2.31. The molecule has 0 saturated heterocycles. The van der Waals surface area contributed by atoms with Crippen LogP contribution in [0.4, 0.5) is 5.69 Å². The summed E-state index contributed by atoms with van der Waals surface area (Å²) in [5.74, 6) is 0. The molecule has 1 fully saturated rings. The van der Waals surface area contributed by atoms with E-state index in [1.54, 1.807) is 0 Å². The van der Waals surface area contributed by atoms with Crippen LogP contribution in [0, 0.1) is 0 Å². The summed E-state index contributed by atoms with van der Waals surface area (Å²) in [6.07, 6.45) is 6.39. The van der Waals surface area contributed by atoms with Crippen LogP contribution in [-0.4, -0.2) is 22.8 Å². The lowest BCUT2D eigenvalue weighted by Crippen LogP contribution is -2.37. The summed E-state index contributed by atoms with van der Waals surface area (Å²) < 4.78 is 0. The topological polar surface area (TPSA) is 29.0 Å². The van der Waals surface area contributed by atoms with Gasteiger partial charge in [0.1, 0.15) is 0 Å². The van der Waals surface area contributed by atoms with Crippen molar-refractivity contribution in [3.05, 3.63) is 16.4 Å².